The van der Waals surface area contributed by atoms with Gasteiger partial charge < -0.3 is 5.11 Å². The minimum Gasteiger partial charge on any atom is -0.506 e. The third kappa shape index (κ3) is 2.40. The molecule has 12 heavy (non-hydrogen) atoms. The number of nitrogens with zero attached hydrogens (tertiary/aromatic N) is 1. The van der Waals surface area contributed by atoms with E-state index in [1.807, 2.05) is 13.8 Å². The largest absolute Gasteiger partial charge is 0.506 e. The number of aryl methyl sites for hydroxylation is 1. The first-order valence-electron chi connectivity index (χ1n) is 3.42. The van der Waals surface area contributed by atoms with Gasteiger partial charge in [0.05, 0.1) is 11.9 Å². The van der Waals surface area contributed by atoms with Crippen molar-refractivity contribution in [2.24, 2.45) is 0 Å². The molecule has 0 amide bonds. The summed E-state index contributed by atoms with van der Waals surface area (Å²) in [6, 6.07) is 1.68. The SMILES string of the molecule is C=C(C)c1ncc(O)cc1C.[V]. The van der Waals surface area contributed by atoms with E-state index in [0.29, 0.717) is 0 Å². The van der Waals surface area contributed by atoms with Gasteiger partial charge in [0.1, 0.15) is 5.75 Å². The van der Waals surface area contributed by atoms with E-state index in [-0.39, 0.29) is 24.3 Å². The van der Waals surface area contributed by atoms with Gasteiger partial charge in [-0.1, -0.05) is 6.58 Å². The standard InChI is InChI=1S/C9H11NO.V/c1-6(2)9-7(3)4-8(11)5-10-9;/h4-5,11H,1H2,2-3H3;. The van der Waals surface area contributed by atoms with Crippen LogP contribution in [0.1, 0.15) is 18.2 Å². The Hall–Kier alpha value is -0.726. The average molecular weight is 200 g/mol. The molecule has 0 aliphatic rings. The van der Waals surface area contributed by atoms with Crippen LogP contribution < -0.4 is 0 Å². The van der Waals surface area contributed by atoms with Crippen LogP contribution in [-0.2, 0) is 18.6 Å². The minimum atomic E-state index is 0. The van der Waals surface area contributed by atoms with Crippen LogP contribution >= 0.6 is 0 Å². The summed E-state index contributed by atoms with van der Waals surface area (Å²) in [5.74, 6) is 0.201. The van der Waals surface area contributed by atoms with Crippen molar-refractivity contribution < 1.29 is 23.7 Å². The van der Waals surface area contributed by atoms with Crippen LogP contribution in [0, 0.1) is 6.92 Å². The molecule has 0 saturated carbocycles. The van der Waals surface area contributed by atoms with Crippen molar-refractivity contribution in [1.82, 2.24) is 4.98 Å². The van der Waals surface area contributed by atoms with Gasteiger partial charge in [-0.15, -0.1) is 0 Å². The van der Waals surface area contributed by atoms with Crippen LogP contribution in [0.3, 0.4) is 0 Å². The van der Waals surface area contributed by atoms with Crippen molar-refractivity contribution in [3.8, 4) is 5.75 Å². The van der Waals surface area contributed by atoms with Crippen LogP contribution in [0.5, 0.6) is 5.75 Å². The molecule has 0 atom stereocenters. The number of pyridine rings is 1. The fourth-order valence-corrected chi connectivity index (χ4v) is 1.01. The molecular weight excluding hydrogens is 189 g/mol. The van der Waals surface area contributed by atoms with E-state index in [1.54, 1.807) is 6.07 Å². The van der Waals surface area contributed by atoms with E-state index in [1.165, 1.54) is 6.20 Å². The van der Waals surface area contributed by atoms with E-state index in [9.17, 15) is 0 Å². The topological polar surface area (TPSA) is 33.1 Å². The van der Waals surface area contributed by atoms with E-state index >= 15 is 0 Å². The molecule has 1 radical (unpaired) electrons. The van der Waals surface area contributed by atoms with Gasteiger partial charge in [-0.05, 0) is 31.1 Å². The molecule has 0 bridgehead atoms. The van der Waals surface area contributed by atoms with Gasteiger partial charge in [0, 0.05) is 18.6 Å². The average Bonchev–Trinajstić information content (AvgIpc) is 1.85. The number of hydrogen-bond acceptors (Lipinski definition) is 2. The maximum atomic E-state index is 9.03. The van der Waals surface area contributed by atoms with E-state index in [0.717, 1.165) is 16.8 Å². The van der Waals surface area contributed by atoms with Crippen LogP contribution in [0.4, 0.5) is 0 Å². The van der Waals surface area contributed by atoms with Crippen molar-refractivity contribution in [2.75, 3.05) is 0 Å². The smallest absolute Gasteiger partial charge is 0.134 e. The molecule has 1 heterocycles. The Morgan fingerprint density at radius 1 is 1.58 bits per heavy atom. The van der Waals surface area contributed by atoms with Crippen LogP contribution in [-0.4, -0.2) is 10.1 Å². The number of rotatable bonds is 1. The van der Waals surface area contributed by atoms with E-state index in [4.69, 9.17) is 5.11 Å². The number of aromatic nitrogens is 1. The Bertz CT molecular complexity index is 297. The van der Waals surface area contributed by atoms with Gasteiger partial charge in [0.2, 0.25) is 0 Å². The molecular formula is C9H11NOV. The fourth-order valence-electron chi connectivity index (χ4n) is 1.01. The molecule has 63 valence electrons. The molecule has 1 aromatic heterocycles. The van der Waals surface area contributed by atoms with Crippen molar-refractivity contribution in [2.45, 2.75) is 13.8 Å². The molecule has 1 rings (SSSR count). The first-order chi connectivity index (χ1) is 5.11. The molecule has 1 N–H and O–H groups in total. The van der Waals surface area contributed by atoms with Gasteiger partial charge in [-0.2, -0.15) is 0 Å². The van der Waals surface area contributed by atoms with Crippen molar-refractivity contribution in [1.29, 1.82) is 0 Å². The maximum absolute atomic E-state index is 9.03. The van der Waals surface area contributed by atoms with Gasteiger partial charge in [-0.25, -0.2) is 0 Å². The Morgan fingerprint density at radius 2 is 2.17 bits per heavy atom. The predicted molar refractivity (Wildman–Crippen MR) is 45.3 cm³/mol. The predicted octanol–water partition coefficient (Wildman–Crippen LogP) is 2.13. The second kappa shape index (κ2) is 4.34. The molecule has 0 aromatic carbocycles. The van der Waals surface area contributed by atoms with E-state index < -0.39 is 0 Å². The van der Waals surface area contributed by atoms with Crippen molar-refractivity contribution >= 4 is 5.57 Å². The fraction of sp³-hybridized carbons (Fsp3) is 0.222. The molecule has 1 aromatic rings. The Morgan fingerprint density at radius 3 is 2.58 bits per heavy atom. The number of allylic oxidation sites excluding steroid dienone is 1. The molecule has 0 saturated heterocycles. The van der Waals surface area contributed by atoms with E-state index in [2.05, 4.69) is 11.6 Å². The molecule has 0 aliphatic carbocycles. The second-order valence-electron chi connectivity index (χ2n) is 2.64. The Labute approximate surface area is 84.2 Å². The molecule has 2 nitrogen and oxygen atoms in total. The van der Waals surface area contributed by atoms with Crippen LogP contribution in [0.25, 0.3) is 5.57 Å². The summed E-state index contributed by atoms with van der Waals surface area (Å²) in [5.41, 5.74) is 2.74. The summed E-state index contributed by atoms with van der Waals surface area (Å²) in [5, 5.41) is 9.03. The van der Waals surface area contributed by atoms with Gasteiger partial charge >= 0.3 is 0 Å². The first-order valence-corrected chi connectivity index (χ1v) is 3.42. The normalized spacial score (nSPS) is 8.83. The monoisotopic (exact) mass is 200 g/mol. The summed E-state index contributed by atoms with van der Waals surface area (Å²) in [6.45, 7) is 7.57. The maximum Gasteiger partial charge on any atom is 0.134 e. The zero-order chi connectivity index (χ0) is 8.43. The third-order valence-corrected chi connectivity index (χ3v) is 1.47. The third-order valence-electron chi connectivity index (χ3n) is 1.47. The quantitative estimate of drug-likeness (QED) is 0.753. The van der Waals surface area contributed by atoms with Crippen LogP contribution in [0.15, 0.2) is 18.8 Å². The van der Waals surface area contributed by atoms with Crippen molar-refractivity contribution in [3.05, 3.63) is 30.1 Å². The molecule has 0 unspecified atom stereocenters. The number of hydrogen-bond donors (Lipinski definition) is 1. The zero-order valence-corrected chi connectivity index (χ0v) is 8.60. The molecule has 3 heteroatoms. The molecule has 0 fully saturated rings. The summed E-state index contributed by atoms with van der Waals surface area (Å²) >= 11 is 0. The van der Waals surface area contributed by atoms with Gasteiger partial charge in [0.25, 0.3) is 0 Å². The summed E-state index contributed by atoms with van der Waals surface area (Å²) in [6.07, 6.45) is 1.43. The Kier molecular flexibility index (Phi) is 4.07. The van der Waals surface area contributed by atoms with Crippen LogP contribution in [0.2, 0.25) is 0 Å². The zero-order valence-electron chi connectivity index (χ0n) is 7.20. The summed E-state index contributed by atoms with van der Waals surface area (Å²) < 4.78 is 0. The molecule has 0 spiro atoms. The Balaban J connectivity index is 0.00000121. The second-order valence-corrected chi connectivity index (χ2v) is 2.64. The van der Waals surface area contributed by atoms with Gasteiger partial charge in [-0.3, -0.25) is 4.98 Å². The first kappa shape index (κ1) is 11.3. The summed E-state index contributed by atoms with van der Waals surface area (Å²) in [4.78, 5) is 4.03. The molecule has 0 aliphatic heterocycles. The number of aromatic hydroxyl groups is 1. The van der Waals surface area contributed by atoms with Crippen molar-refractivity contribution in [3.63, 3.8) is 0 Å². The minimum absolute atomic E-state index is 0. The summed E-state index contributed by atoms with van der Waals surface area (Å²) in [7, 11) is 0. The van der Waals surface area contributed by atoms with Gasteiger partial charge in [0.15, 0.2) is 0 Å².